The van der Waals surface area contributed by atoms with Crippen LogP contribution in [0.3, 0.4) is 0 Å². The molecule has 1 fully saturated rings. The predicted octanol–water partition coefficient (Wildman–Crippen LogP) is 3.15. The van der Waals surface area contributed by atoms with Gasteiger partial charge in [-0.25, -0.2) is 18.9 Å². The number of carbonyl (C=O) groups is 2. The minimum atomic E-state index is -0.721. The van der Waals surface area contributed by atoms with Gasteiger partial charge in [0.25, 0.3) is 0 Å². The Morgan fingerprint density at radius 1 is 1.24 bits per heavy atom. The van der Waals surface area contributed by atoms with Gasteiger partial charge in [-0.3, -0.25) is 4.79 Å². The van der Waals surface area contributed by atoms with Gasteiger partial charge in [0.15, 0.2) is 16.6 Å². The average Bonchev–Trinajstić information content (AvgIpc) is 3.78. The molecular weight excluding hydrogens is 603 g/mol. The van der Waals surface area contributed by atoms with Crippen molar-refractivity contribution < 1.29 is 28.6 Å². The number of anilines is 1. The fourth-order valence-electron chi connectivity index (χ4n) is 5.48. The molecule has 4 aromatic rings. The smallest absolute Gasteiger partial charge is 0.317 e. The Labute approximate surface area is 262 Å². The highest BCUT2D eigenvalue weighted by molar-refractivity contribution is 7.13. The molecule has 2 aliphatic heterocycles. The van der Waals surface area contributed by atoms with Crippen LogP contribution in [0.1, 0.15) is 35.7 Å². The zero-order valence-corrected chi connectivity index (χ0v) is 25.4. The fourth-order valence-corrected chi connectivity index (χ4v) is 6.03. The van der Waals surface area contributed by atoms with Gasteiger partial charge in [0.2, 0.25) is 5.91 Å². The van der Waals surface area contributed by atoms with E-state index in [0.29, 0.717) is 61.5 Å². The number of amides is 3. The lowest BCUT2D eigenvalue weighted by molar-refractivity contribution is -0.117. The van der Waals surface area contributed by atoms with Crippen molar-refractivity contribution in [2.45, 2.75) is 45.0 Å². The lowest BCUT2D eigenvalue weighted by Crippen LogP contribution is -2.47. The van der Waals surface area contributed by atoms with Crippen molar-refractivity contribution in [2.75, 3.05) is 31.6 Å². The summed E-state index contributed by atoms with van der Waals surface area (Å²) >= 11 is 1.35. The van der Waals surface area contributed by atoms with Gasteiger partial charge >= 0.3 is 6.03 Å². The molecule has 1 saturated heterocycles. The predicted molar refractivity (Wildman–Crippen MR) is 163 cm³/mol. The highest BCUT2D eigenvalue weighted by Gasteiger charge is 2.35. The molecule has 0 aliphatic carbocycles. The first-order chi connectivity index (χ1) is 21.8. The van der Waals surface area contributed by atoms with Crippen LogP contribution in [0.15, 0.2) is 48.1 Å². The van der Waals surface area contributed by atoms with Crippen molar-refractivity contribution in [1.29, 1.82) is 0 Å². The maximum atomic E-state index is 14.5. The molecule has 6 rings (SSSR count). The molecule has 3 amide bonds. The van der Waals surface area contributed by atoms with E-state index in [2.05, 4.69) is 31.2 Å². The maximum Gasteiger partial charge on any atom is 0.317 e. The first-order valence-corrected chi connectivity index (χ1v) is 15.4. The third-order valence-corrected chi connectivity index (χ3v) is 8.44. The lowest BCUT2D eigenvalue weighted by atomic mass is 9.81. The number of nitrogens with one attached hydrogen (secondary N) is 3. The molecule has 0 saturated carbocycles. The molecule has 1 atom stereocenters. The molecule has 236 valence electrons. The van der Waals surface area contributed by atoms with Crippen LogP contribution in [0.25, 0.3) is 0 Å². The number of ether oxygens (including phenoxy) is 2. The van der Waals surface area contributed by atoms with Crippen LogP contribution < -0.4 is 25.4 Å². The topological polar surface area (TPSA) is 156 Å². The van der Waals surface area contributed by atoms with Crippen LogP contribution in [-0.2, 0) is 36.5 Å². The first-order valence-electron chi connectivity index (χ1n) is 14.5. The Morgan fingerprint density at radius 2 is 2.13 bits per heavy atom. The van der Waals surface area contributed by atoms with Gasteiger partial charge in [-0.05, 0) is 42.7 Å². The van der Waals surface area contributed by atoms with Crippen LogP contribution in [0.4, 0.5) is 14.3 Å². The Kier molecular flexibility index (Phi) is 8.91. The number of benzene rings is 2. The fraction of sp³-hybridized carbons (Fsp3) is 0.367. The summed E-state index contributed by atoms with van der Waals surface area (Å²) in [5.41, 5.74) is 1.97. The number of aliphatic hydroxyl groups is 1. The Hall–Kier alpha value is -4.60. The minimum Gasteiger partial charge on any atom is -0.488 e. The molecule has 0 unspecified atom stereocenters. The van der Waals surface area contributed by atoms with Crippen molar-refractivity contribution >= 4 is 28.4 Å². The third kappa shape index (κ3) is 7.05. The number of aromatic nitrogens is 4. The largest absolute Gasteiger partial charge is 0.488 e. The highest BCUT2D eigenvalue weighted by atomic mass is 32.1. The van der Waals surface area contributed by atoms with E-state index in [1.807, 2.05) is 19.1 Å². The van der Waals surface area contributed by atoms with E-state index in [1.54, 1.807) is 33.4 Å². The molecule has 0 spiro atoms. The van der Waals surface area contributed by atoms with E-state index in [4.69, 9.17) is 9.47 Å². The van der Waals surface area contributed by atoms with Crippen LogP contribution >= 0.6 is 11.3 Å². The second-order valence-corrected chi connectivity index (χ2v) is 11.9. The van der Waals surface area contributed by atoms with Crippen molar-refractivity contribution in [3.63, 3.8) is 0 Å². The molecule has 0 radical (unpaired) electrons. The maximum absolute atomic E-state index is 14.5. The molecule has 2 aliphatic rings. The van der Waals surface area contributed by atoms with Gasteiger partial charge in [-0.1, -0.05) is 11.3 Å². The zero-order chi connectivity index (χ0) is 31.4. The lowest BCUT2D eigenvalue weighted by Gasteiger charge is -2.37. The van der Waals surface area contributed by atoms with Crippen molar-refractivity contribution in [1.82, 2.24) is 35.5 Å². The molecule has 4 N–H and O–H groups in total. The molecule has 45 heavy (non-hydrogen) atoms. The van der Waals surface area contributed by atoms with Crippen LogP contribution in [0.5, 0.6) is 17.2 Å². The summed E-state index contributed by atoms with van der Waals surface area (Å²) in [7, 11) is 0. The number of aliphatic hydroxyl groups excluding tert-OH is 1. The average molecular weight is 637 g/mol. The van der Waals surface area contributed by atoms with Crippen molar-refractivity contribution in [3.05, 3.63) is 76.3 Å². The normalized spacial score (nSPS) is 17.6. The quantitative estimate of drug-likeness (QED) is 0.184. The van der Waals surface area contributed by atoms with Crippen molar-refractivity contribution in [3.8, 4) is 17.2 Å². The summed E-state index contributed by atoms with van der Waals surface area (Å²) in [6.07, 6.45) is 4.25. The Balaban J connectivity index is 1.22. The van der Waals surface area contributed by atoms with E-state index in [-0.39, 0.29) is 36.3 Å². The number of hydrogen-bond acceptors (Lipinski definition) is 10. The number of halogens is 1. The summed E-state index contributed by atoms with van der Waals surface area (Å²) in [5, 5.41) is 29.1. The number of hydrogen-bond donors (Lipinski definition) is 4. The van der Waals surface area contributed by atoms with Gasteiger partial charge in [0.1, 0.15) is 23.9 Å². The SMILES string of the molecule is C[C@]1(CC(=O)Nc2nccs2)NCCc2cc(OCCn3cc(CN4CCNC4=O)nn3)c(Oc3ccc(CO)c(F)c3)cc21. The summed E-state index contributed by atoms with van der Waals surface area (Å²) in [6.45, 7) is 4.39. The van der Waals surface area contributed by atoms with E-state index < -0.39 is 18.0 Å². The molecule has 2 aromatic carbocycles. The minimum absolute atomic E-state index is 0.120. The number of carbonyl (C=O) groups excluding carboxylic acids is 2. The summed E-state index contributed by atoms with van der Waals surface area (Å²) < 4.78 is 28.5. The highest BCUT2D eigenvalue weighted by Crippen LogP contribution is 2.41. The summed E-state index contributed by atoms with van der Waals surface area (Å²) in [5.74, 6) is 0.253. The number of nitrogens with zero attached hydrogens (tertiary/aromatic N) is 5. The molecular formula is C30H33FN8O5S. The van der Waals surface area contributed by atoms with Crippen LogP contribution in [-0.4, -0.2) is 68.2 Å². The van der Waals surface area contributed by atoms with E-state index in [1.165, 1.54) is 23.5 Å². The number of rotatable bonds is 12. The zero-order valence-electron chi connectivity index (χ0n) is 24.6. The van der Waals surface area contributed by atoms with E-state index >= 15 is 0 Å². The summed E-state index contributed by atoms with van der Waals surface area (Å²) in [4.78, 5) is 30.7. The van der Waals surface area contributed by atoms with E-state index in [0.717, 1.165) is 11.1 Å². The standard InChI is InChI=1S/C30H33FN8O5S/c1-30(15-27(41)35-28-32-7-11-45-28)23-14-26(44-22-3-2-20(18-40)24(31)13-22)25(12-19(23)4-5-34-30)43-10-9-39-17-21(36-37-39)16-38-8-6-33-29(38)42/h2-3,7,11-14,17,34,40H,4-6,8-10,15-16,18H2,1H3,(H,33,42)(H,32,35,41)/t30-/m1/s1. The second kappa shape index (κ2) is 13.2. The Morgan fingerprint density at radius 3 is 2.89 bits per heavy atom. The second-order valence-electron chi connectivity index (χ2n) is 11.0. The Bertz CT molecular complexity index is 1680. The van der Waals surface area contributed by atoms with E-state index in [9.17, 15) is 19.1 Å². The van der Waals surface area contributed by atoms with Gasteiger partial charge in [-0.15, -0.1) is 16.4 Å². The van der Waals surface area contributed by atoms with Gasteiger partial charge in [0.05, 0.1) is 25.9 Å². The molecule has 2 aromatic heterocycles. The van der Waals surface area contributed by atoms with Gasteiger partial charge in [-0.2, -0.15) is 0 Å². The number of thiazole rings is 1. The monoisotopic (exact) mass is 636 g/mol. The molecule has 13 nitrogen and oxygen atoms in total. The van der Waals surface area contributed by atoms with Gasteiger partial charge in [0, 0.05) is 54.8 Å². The van der Waals surface area contributed by atoms with Gasteiger partial charge < -0.3 is 35.4 Å². The number of urea groups is 1. The van der Waals surface area contributed by atoms with Crippen LogP contribution in [0, 0.1) is 5.82 Å². The molecule has 15 heteroatoms. The molecule has 0 bridgehead atoms. The first kappa shape index (κ1) is 30.4. The van der Waals surface area contributed by atoms with Crippen molar-refractivity contribution in [2.24, 2.45) is 0 Å². The number of fused-ring (bicyclic) bond motifs is 1. The third-order valence-electron chi connectivity index (χ3n) is 7.75. The summed E-state index contributed by atoms with van der Waals surface area (Å²) in [6, 6.07) is 7.87. The van der Waals surface area contributed by atoms with Crippen LogP contribution in [0.2, 0.25) is 0 Å². The molecule has 4 heterocycles.